The SMILES string of the molecule is C=Cc1cccc2c1C1(C(=O)N2)C(c2cc(OC)c(OC)c(OC)c2)NC(C(=O)OCC)C1c1ccccc1. The molecule has 2 heterocycles. The summed E-state index contributed by atoms with van der Waals surface area (Å²) in [5.74, 6) is 0.0480. The third-order valence-corrected chi connectivity index (χ3v) is 7.70. The van der Waals surface area contributed by atoms with Crippen LogP contribution in [0.5, 0.6) is 17.2 Å². The fourth-order valence-corrected chi connectivity index (χ4v) is 6.25. The van der Waals surface area contributed by atoms with Crippen molar-refractivity contribution in [1.82, 2.24) is 5.32 Å². The average molecular weight is 529 g/mol. The first-order chi connectivity index (χ1) is 19.0. The van der Waals surface area contributed by atoms with E-state index in [1.54, 1.807) is 27.2 Å². The zero-order chi connectivity index (χ0) is 27.7. The highest BCUT2D eigenvalue weighted by molar-refractivity contribution is 6.10. The zero-order valence-corrected chi connectivity index (χ0v) is 22.4. The number of carbonyl (C=O) groups excluding carboxylic acids is 2. The van der Waals surface area contributed by atoms with E-state index >= 15 is 0 Å². The number of esters is 1. The van der Waals surface area contributed by atoms with Crippen molar-refractivity contribution in [3.05, 3.63) is 89.5 Å². The third kappa shape index (κ3) is 3.94. The van der Waals surface area contributed by atoms with Crippen LogP contribution in [0.15, 0.2) is 67.2 Å². The van der Waals surface area contributed by atoms with Crippen LogP contribution in [0, 0.1) is 0 Å². The highest BCUT2D eigenvalue weighted by Gasteiger charge is 2.66. The molecule has 39 heavy (non-hydrogen) atoms. The summed E-state index contributed by atoms with van der Waals surface area (Å²) < 4.78 is 22.4. The lowest BCUT2D eigenvalue weighted by molar-refractivity contribution is -0.145. The van der Waals surface area contributed by atoms with E-state index in [2.05, 4.69) is 17.2 Å². The van der Waals surface area contributed by atoms with Gasteiger partial charge in [0, 0.05) is 17.2 Å². The highest BCUT2D eigenvalue weighted by atomic mass is 16.5. The predicted molar refractivity (Wildman–Crippen MR) is 148 cm³/mol. The van der Waals surface area contributed by atoms with Gasteiger partial charge in [0.25, 0.3) is 0 Å². The summed E-state index contributed by atoms with van der Waals surface area (Å²) in [6.45, 7) is 6.01. The molecule has 1 saturated heterocycles. The number of nitrogens with one attached hydrogen (secondary N) is 2. The number of benzene rings is 3. The lowest BCUT2D eigenvalue weighted by Gasteiger charge is -2.36. The Morgan fingerprint density at radius 3 is 2.26 bits per heavy atom. The molecule has 2 N–H and O–H groups in total. The van der Waals surface area contributed by atoms with Gasteiger partial charge < -0.3 is 24.3 Å². The number of anilines is 1. The van der Waals surface area contributed by atoms with Gasteiger partial charge in [-0.3, -0.25) is 14.9 Å². The van der Waals surface area contributed by atoms with Crippen molar-refractivity contribution in [3.63, 3.8) is 0 Å². The van der Waals surface area contributed by atoms with Crippen LogP contribution in [0.3, 0.4) is 0 Å². The van der Waals surface area contributed by atoms with Gasteiger partial charge in [0.1, 0.15) is 11.5 Å². The molecule has 3 aromatic rings. The molecule has 8 heteroatoms. The van der Waals surface area contributed by atoms with Gasteiger partial charge in [-0.2, -0.15) is 0 Å². The number of rotatable bonds is 8. The molecule has 2 aliphatic heterocycles. The maximum Gasteiger partial charge on any atom is 0.323 e. The van der Waals surface area contributed by atoms with Crippen LogP contribution >= 0.6 is 0 Å². The van der Waals surface area contributed by atoms with Gasteiger partial charge in [-0.15, -0.1) is 0 Å². The standard InChI is InChI=1S/C31H32N2O6/c1-6-18-14-11-15-21-24(18)31(30(35)32-21)25(19-12-9-8-10-13-19)26(29(34)39-7-2)33-28(31)20-16-22(36-3)27(38-5)23(17-20)37-4/h6,8-17,25-26,28,33H,1,7H2,2-5H3,(H,32,35). The van der Waals surface area contributed by atoms with E-state index in [1.165, 1.54) is 7.11 Å². The number of hydrogen-bond acceptors (Lipinski definition) is 7. The van der Waals surface area contributed by atoms with Crippen LogP contribution in [0.2, 0.25) is 0 Å². The summed E-state index contributed by atoms with van der Waals surface area (Å²) in [6, 6.07) is 17.4. The van der Waals surface area contributed by atoms with Gasteiger partial charge in [-0.25, -0.2) is 0 Å². The minimum absolute atomic E-state index is 0.209. The molecule has 3 aromatic carbocycles. The van der Waals surface area contributed by atoms with Gasteiger partial charge >= 0.3 is 5.97 Å². The molecule has 0 radical (unpaired) electrons. The zero-order valence-electron chi connectivity index (χ0n) is 22.4. The molecule has 1 amide bonds. The minimum atomic E-state index is -1.25. The van der Waals surface area contributed by atoms with E-state index in [-0.39, 0.29) is 12.5 Å². The topological polar surface area (TPSA) is 95.1 Å². The van der Waals surface area contributed by atoms with Crippen LogP contribution in [-0.4, -0.2) is 45.9 Å². The number of carbonyl (C=O) groups is 2. The van der Waals surface area contributed by atoms with Crippen molar-refractivity contribution in [2.24, 2.45) is 0 Å². The number of hydrogen-bond donors (Lipinski definition) is 2. The fraction of sp³-hybridized carbons (Fsp3) is 0.290. The molecule has 4 atom stereocenters. The molecule has 0 bridgehead atoms. The minimum Gasteiger partial charge on any atom is -0.493 e. The summed E-state index contributed by atoms with van der Waals surface area (Å²) >= 11 is 0. The summed E-state index contributed by atoms with van der Waals surface area (Å²) in [4.78, 5) is 28.0. The first kappa shape index (κ1) is 26.3. The van der Waals surface area contributed by atoms with E-state index in [1.807, 2.05) is 60.7 Å². The Bertz CT molecular complexity index is 1400. The maximum atomic E-state index is 14.4. The Balaban J connectivity index is 1.87. The molecule has 1 spiro atoms. The fourth-order valence-electron chi connectivity index (χ4n) is 6.25. The van der Waals surface area contributed by atoms with E-state index in [9.17, 15) is 9.59 Å². The molecular weight excluding hydrogens is 496 g/mol. The predicted octanol–water partition coefficient (Wildman–Crippen LogP) is 4.61. The molecule has 1 fully saturated rings. The van der Waals surface area contributed by atoms with Crippen molar-refractivity contribution in [3.8, 4) is 17.2 Å². The molecule has 5 rings (SSSR count). The van der Waals surface area contributed by atoms with E-state index in [4.69, 9.17) is 18.9 Å². The van der Waals surface area contributed by atoms with E-state index < -0.39 is 29.4 Å². The summed E-state index contributed by atoms with van der Waals surface area (Å²) in [5, 5.41) is 6.62. The molecule has 0 aliphatic carbocycles. The van der Waals surface area contributed by atoms with Crippen LogP contribution in [0.1, 0.15) is 41.1 Å². The molecular formula is C31H32N2O6. The van der Waals surface area contributed by atoms with Gasteiger partial charge in [-0.1, -0.05) is 55.1 Å². The smallest absolute Gasteiger partial charge is 0.323 e. The third-order valence-electron chi connectivity index (χ3n) is 7.70. The van der Waals surface area contributed by atoms with Crippen molar-refractivity contribution in [2.75, 3.05) is 33.3 Å². The number of ether oxygens (including phenoxy) is 4. The lowest BCUT2D eigenvalue weighted by Crippen LogP contribution is -2.44. The van der Waals surface area contributed by atoms with Crippen LogP contribution in [0.4, 0.5) is 5.69 Å². The average Bonchev–Trinajstić information content (AvgIpc) is 3.48. The van der Waals surface area contributed by atoms with Crippen LogP contribution < -0.4 is 24.8 Å². The lowest BCUT2D eigenvalue weighted by atomic mass is 9.62. The Morgan fingerprint density at radius 1 is 0.974 bits per heavy atom. The van der Waals surface area contributed by atoms with Crippen molar-refractivity contribution in [1.29, 1.82) is 0 Å². The number of fused-ring (bicyclic) bond motifs is 2. The Labute approximate surface area is 227 Å². The first-order valence-corrected chi connectivity index (χ1v) is 12.8. The van der Waals surface area contributed by atoms with E-state index in [0.717, 1.165) is 16.7 Å². The second-order valence-electron chi connectivity index (χ2n) is 9.47. The molecule has 8 nitrogen and oxygen atoms in total. The van der Waals surface area contributed by atoms with Gasteiger partial charge in [0.2, 0.25) is 11.7 Å². The van der Waals surface area contributed by atoms with Gasteiger partial charge in [0.15, 0.2) is 11.5 Å². The molecule has 202 valence electrons. The van der Waals surface area contributed by atoms with Crippen molar-refractivity contribution >= 4 is 23.6 Å². The Hall–Kier alpha value is -4.30. The largest absolute Gasteiger partial charge is 0.493 e. The normalized spacial score (nSPS) is 23.2. The second kappa shape index (κ2) is 10.5. The molecule has 4 unspecified atom stereocenters. The molecule has 2 aliphatic rings. The summed E-state index contributed by atoms with van der Waals surface area (Å²) in [5.41, 5.74) is 2.54. The van der Waals surface area contributed by atoms with Crippen LogP contribution in [0.25, 0.3) is 6.08 Å². The van der Waals surface area contributed by atoms with E-state index in [0.29, 0.717) is 28.5 Å². The molecule has 0 saturated carbocycles. The monoisotopic (exact) mass is 528 g/mol. The number of methoxy groups -OCH3 is 3. The van der Waals surface area contributed by atoms with Crippen molar-refractivity contribution < 1.29 is 28.5 Å². The number of amides is 1. The first-order valence-electron chi connectivity index (χ1n) is 12.8. The summed E-state index contributed by atoms with van der Waals surface area (Å²) in [7, 11) is 4.62. The molecule has 0 aromatic heterocycles. The van der Waals surface area contributed by atoms with Crippen LogP contribution in [-0.2, 0) is 19.7 Å². The van der Waals surface area contributed by atoms with Gasteiger partial charge in [0.05, 0.1) is 34.0 Å². The summed E-state index contributed by atoms with van der Waals surface area (Å²) in [6.07, 6.45) is 1.74. The maximum absolute atomic E-state index is 14.4. The van der Waals surface area contributed by atoms with Crippen molar-refractivity contribution in [2.45, 2.75) is 30.3 Å². The highest BCUT2D eigenvalue weighted by Crippen LogP contribution is 2.61. The van der Waals surface area contributed by atoms with Gasteiger partial charge in [-0.05, 0) is 41.8 Å². The quantitative estimate of drug-likeness (QED) is 0.413. The Kier molecular flexibility index (Phi) is 7.06. The second-order valence-corrected chi connectivity index (χ2v) is 9.47. The Morgan fingerprint density at radius 2 is 1.67 bits per heavy atom.